The topological polar surface area (TPSA) is 99.8 Å². The van der Waals surface area contributed by atoms with E-state index in [-0.39, 0.29) is 18.1 Å². The second kappa shape index (κ2) is 5.28. The van der Waals surface area contributed by atoms with Crippen molar-refractivity contribution in [1.29, 1.82) is 0 Å². The van der Waals surface area contributed by atoms with Crippen LogP contribution in [-0.2, 0) is 4.79 Å². The summed E-state index contributed by atoms with van der Waals surface area (Å²) in [6, 6.07) is 1.91. The van der Waals surface area contributed by atoms with Crippen molar-refractivity contribution < 1.29 is 24.2 Å². The standard InChI is InChI=1S/C9H11NO5/c11-5-6(9(13)14)10-4-7(12)8-2-1-3-15-8/h1-3,6,10-11H,4-5H2,(H,13,14)/t6-/m0/s1. The van der Waals surface area contributed by atoms with Gasteiger partial charge in [0.15, 0.2) is 5.76 Å². The van der Waals surface area contributed by atoms with Crippen molar-refractivity contribution in [1.82, 2.24) is 5.32 Å². The number of carbonyl (C=O) groups excluding carboxylic acids is 1. The van der Waals surface area contributed by atoms with Crippen LogP contribution in [0.15, 0.2) is 22.8 Å². The fraction of sp³-hybridized carbons (Fsp3) is 0.333. The molecule has 1 aromatic heterocycles. The summed E-state index contributed by atoms with van der Waals surface area (Å²) in [6.07, 6.45) is 1.36. The molecule has 6 nitrogen and oxygen atoms in total. The van der Waals surface area contributed by atoms with Crippen LogP contribution >= 0.6 is 0 Å². The first-order valence-corrected chi connectivity index (χ1v) is 4.29. The van der Waals surface area contributed by atoms with Crippen LogP contribution in [0.4, 0.5) is 0 Å². The minimum atomic E-state index is -1.20. The van der Waals surface area contributed by atoms with Gasteiger partial charge < -0.3 is 14.6 Å². The van der Waals surface area contributed by atoms with Crippen molar-refractivity contribution in [3.05, 3.63) is 24.2 Å². The molecule has 0 amide bonds. The van der Waals surface area contributed by atoms with Gasteiger partial charge in [-0.2, -0.15) is 0 Å². The van der Waals surface area contributed by atoms with Crippen molar-refractivity contribution >= 4 is 11.8 Å². The zero-order valence-corrected chi connectivity index (χ0v) is 7.84. The average Bonchev–Trinajstić information content (AvgIpc) is 2.70. The Bertz CT molecular complexity index is 332. The maximum Gasteiger partial charge on any atom is 0.323 e. The maximum absolute atomic E-state index is 11.3. The molecule has 0 aliphatic carbocycles. The van der Waals surface area contributed by atoms with Crippen molar-refractivity contribution in [2.45, 2.75) is 6.04 Å². The van der Waals surface area contributed by atoms with E-state index in [2.05, 4.69) is 5.32 Å². The third kappa shape index (κ3) is 3.19. The number of Topliss-reactive ketones (excluding diaryl/α,β-unsaturated/α-hetero) is 1. The molecule has 1 heterocycles. The highest BCUT2D eigenvalue weighted by Crippen LogP contribution is 2.00. The van der Waals surface area contributed by atoms with Crippen LogP contribution in [0, 0.1) is 0 Å². The molecule has 0 fully saturated rings. The van der Waals surface area contributed by atoms with Gasteiger partial charge in [0.1, 0.15) is 6.04 Å². The Balaban J connectivity index is 2.43. The van der Waals surface area contributed by atoms with Gasteiger partial charge in [-0.1, -0.05) is 0 Å². The van der Waals surface area contributed by atoms with Crippen molar-refractivity contribution in [3.63, 3.8) is 0 Å². The van der Waals surface area contributed by atoms with Gasteiger partial charge in [0.25, 0.3) is 0 Å². The third-order valence-electron chi connectivity index (χ3n) is 1.79. The Hall–Kier alpha value is -1.66. The molecule has 0 aliphatic rings. The maximum atomic E-state index is 11.3. The number of aliphatic hydroxyl groups is 1. The molecule has 0 aromatic carbocycles. The van der Waals surface area contributed by atoms with Gasteiger partial charge in [-0.25, -0.2) is 0 Å². The SMILES string of the molecule is O=C(CN[C@@H](CO)C(=O)O)c1ccco1. The minimum Gasteiger partial charge on any atom is -0.480 e. The van der Waals surface area contributed by atoms with Crippen LogP contribution in [-0.4, -0.2) is 41.2 Å². The molecule has 3 N–H and O–H groups in total. The molecule has 0 radical (unpaired) electrons. The van der Waals surface area contributed by atoms with Gasteiger partial charge in [-0.05, 0) is 12.1 Å². The van der Waals surface area contributed by atoms with Crippen molar-refractivity contribution in [3.8, 4) is 0 Å². The molecule has 0 aliphatic heterocycles. The first-order valence-electron chi connectivity index (χ1n) is 4.29. The number of aliphatic carboxylic acids is 1. The number of carboxylic acids is 1. The number of carbonyl (C=O) groups is 2. The van der Waals surface area contributed by atoms with Gasteiger partial charge in [-0.3, -0.25) is 14.9 Å². The summed E-state index contributed by atoms with van der Waals surface area (Å²) in [4.78, 5) is 21.8. The fourth-order valence-corrected chi connectivity index (χ4v) is 0.970. The molecule has 1 rings (SSSR count). The Morgan fingerprint density at radius 1 is 1.53 bits per heavy atom. The first-order chi connectivity index (χ1) is 7.15. The largest absolute Gasteiger partial charge is 0.480 e. The van der Waals surface area contributed by atoms with E-state index < -0.39 is 18.6 Å². The van der Waals surface area contributed by atoms with E-state index in [9.17, 15) is 9.59 Å². The Labute approximate surface area is 85.5 Å². The Kier molecular flexibility index (Phi) is 4.02. The van der Waals surface area contributed by atoms with E-state index in [1.54, 1.807) is 6.07 Å². The van der Waals surface area contributed by atoms with Crippen LogP contribution in [0.1, 0.15) is 10.6 Å². The number of rotatable bonds is 6. The Morgan fingerprint density at radius 2 is 2.27 bits per heavy atom. The summed E-state index contributed by atoms with van der Waals surface area (Å²) in [5, 5.41) is 19.6. The van der Waals surface area contributed by atoms with Crippen molar-refractivity contribution in [2.24, 2.45) is 0 Å². The minimum absolute atomic E-state index is 0.157. The highest BCUT2D eigenvalue weighted by molar-refractivity contribution is 5.95. The fourth-order valence-electron chi connectivity index (χ4n) is 0.970. The normalized spacial score (nSPS) is 12.3. The Morgan fingerprint density at radius 3 is 2.73 bits per heavy atom. The number of furan rings is 1. The number of nitrogens with one attached hydrogen (secondary N) is 1. The van der Waals surface area contributed by atoms with Gasteiger partial charge in [0.05, 0.1) is 19.4 Å². The average molecular weight is 213 g/mol. The summed E-state index contributed by atoms with van der Waals surface area (Å²) in [5.41, 5.74) is 0. The van der Waals surface area contributed by atoms with Crippen LogP contribution in [0.3, 0.4) is 0 Å². The molecule has 0 saturated heterocycles. The molecule has 0 saturated carbocycles. The van der Waals surface area contributed by atoms with E-state index in [1.165, 1.54) is 12.3 Å². The molecule has 1 aromatic rings. The van der Waals surface area contributed by atoms with Gasteiger partial charge in [-0.15, -0.1) is 0 Å². The first kappa shape index (κ1) is 11.4. The van der Waals surface area contributed by atoms with Crippen LogP contribution in [0.25, 0.3) is 0 Å². The summed E-state index contributed by atoms with van der Waals surface area (Å²) >= 11 is 0. The quantitative estimate of drug-likeness (QED) is 0.551. The second-order valence-corrected chi connectivity index (χ2v) is 2.85. The lowest BCUT2D eigenvalue weighted by molar-refractivity contribution is -0.140. The molecule has 0 unspecified atom stereocenters. The lowest BCUT2D eigenvalue weighted by Crippen LogP contribution is -2.42. The van der Waals surface area contributed by atoms with Crippen LogP contribution in [0.2, 0.25) is 0 Å². The van der Waals surface area contributed by atoms with Crippen molar-refractivity contribution in [2.75, 3.05) is 13.2 Å². The van der Waals surface area contributed by atoms with Gasteiger partial charge in [0.2, 0.25) is 5.78 Å². The molecule has 1 atom stereocenters. The zero-order chi connectivity index (χ0) is 11.3. The molecule has 0 spiro atoms. The summed E-state index contributed by atoms with van der Waals surface area (Å²) in [5.74, 6) is -1.41. The smallest absolute Gasteiger partial charge is 0.323 e. The summed E-state index contributed by atoms with van der Waals surface area (Å²) < 4.78 is 4.82. The van der Waals surface area contributed by atoms with Gasteiger partial charge >= 0.3 is 5.97 Å². The lowest BCUT2D eigenvalue weighted by Gasteiger charge is -2.09. The number of hydrogen-bond donors (Lipinski definition) is 3. The van der Waals surface area contributed by atoms with Gasteiger partial charge in [0, 0.05) is 0 Å². The number of hydrogen-bond acceptors (Lipinski definition) is 5. The molecule has 82 valence electrons. The zero-order valence-electron chi connectivity index (χ0n) is 7.84. The molecule has 15 heavy (non-hydrogen) atoms. The molecular formula is C9H11NO5. The highest BCUT2D eigenvalue weighted by atomic mass is 16.4. The second-order valence-electron chi connectivity index (χ2n) is 2.85. The van der Waals surface area contributed by atoms with E-state index in [1.807, 2.05) is 0 Å². The van der Waals surface area contributed by atoms with E-state index >= 15 is 0 Å². The number of aliphatic hydroxyl groups excluding tert-OH is 1. The van der Waals surface area contributed by atoms with E-state index in [0.717, 1.165) is 0 Å². The lowest BCUT2D eigenvalue weighted by atomic mass is 10.2. The van der Waals surface area contributed by atoms with Crippen LogP contribution < -0.4 is 5.32 Å². The third-order valence-corrected chi connectivity index (χ3v) is 1.79. The predicted octanol–water partition coefficient (Wildman–Crippen LogP) is -0.503. The number of ketones is 1. The van der Waals surface area contributed by atoms with E-state index in [0.29, 0.717) is 0 Å². The van der Waals surface area contributed by atoms with E-state index in [4.69, 9.17) is 14.6 Å². The highest BCUT2D eigenvalue weighted by Gasteiger charge is 2.17. The van der Waals surface area contributed by atoms with Crippen LogP contribution in [0.5, 0.6) is 0 Å². The molecule has 6 heteroatoms. The predicted molar refractivity (Wildman–Crippen MR) is 49.6 cm³/mol. The number of carboxylic acid groups (broad SMARTS) is 1. The monoisotopic (exact) mass is 213 g/mol. The summed E-state index contributed by atoms with van der Waals surface area (Å²) in [7, 11) is 0. The molecular weight excluding hydrogens is 202 g/mol. The summed E-state index contributed by atoms with van der Waals surface area (Å²) in [6.45, 7) is -0.758. The molecule has 0 bridgehead atoms.